The van der Waals surface area contributed by atoms with Crippen molar-refractivity contribution >= 4 is 53.2 Å². The smallest absolute Gasteiger partial charge is 0.245 e. The van der Waals surface area contributed by atoms with Crippen molar-refractivity contribution in [3.8, 4) is 0 Å². The van der Waals surface area contributed by atoms with Gasteiger partial charge in [-0.2, -0.15) is 4.31 Å². The maximum Gasteiger partial charge on any atom is 0.245 e. The highest BCUT2D eigenvalue weighted by molar-refractivity contribution is 9.12. The van der Waals surface area contributed by atoms with Crippen LogP contribution in [0.4, 0.5) is 0 Å². The molecule has 0 amide bonds. The maximum atomic E-state index is 12.6. The Kier molecular flexibility index (Phi) is 4.57. The zero-order valence-electron chi connectivity index (χ0n) is 10.7. The van der Waals surface area contributed by atoms with Gasteiger partial charge >= 0.3 is 0 Å². The van der Waals surface area contributed by atoms with Crippen LogP contribution >= 0.6 is 43.2 Å². The fourth-order valence-electron chi connectivity index (χ4n) is 2.48. The van der Waals surface area contributed by atoms with E-state index in [2.05, 4.69) is 42.1 Å². The highest BCUT2D eigenvalue weighted by Gasteiger charge is 2.34. The summed E-state index contributed by atoms with van der Waals surface area (Å²) < 4.78 is 28.3. The van der Waals surface area contributed by atoms with Crippen LogP contribution in [0.2, 0.25) is 0 Å². The average molecular weight is 445 g/mol. The second-order valence-corrected chi connectivity index (χ2v) is 10.6. The predicted octanol–water partition coefficient (Wildman–Crippen LogP) is 1.55. The van der Waals surface area contributed by atoms with Crippen molar-refractivity contribution in [1.29, 1.82) is 0 Å². The fraction of sp³-hybridized carbons (Fsp3) is 0.636. The molecule has 0 saturated carbocycles. The Hall–Kier alpha value is 0.490. The van der Waals surface area contributed by atoms with Gasteiger partial charge in [-0.3, -0.25) is 4.90 Å². The second-order valence-electron chi connectivity index (χ2n) is 4.94. The molecule has 1 N–H and O–H groups in total. The Morgan fingerprint density at radius 2 is 1.85 bits per heavy atom. The number of halogens is 2. The first-order valence-corrected chi connectivity index (χ1v) is 10.2. The van der Waals surface area contributed by atoms with Gasteiger partial charge < -0.3 is 5.32 Å². The molecule has 2 fully saturated rings. The molecule has 0 radical (unpaired) electrons. The van der Waals surface area contributed by atoms with E-state index < -0.39 is 10.0 Å². The van der Waals surface area contributed by atoms with E-state index >= 15 is 0 Å². The minimum atomic E-state index is -3.39. The lowest BCUT2D eigenvalue weighted by Crippen LogP contribution is -2.62. The summed E-state index contributed by atoms with van der Waals surface area (Å²) in [4.78, 5) is 2.74. The van der Waals surface area contributed by atoms with Crippen molar-refractivity contribution in [1.82, 2.24) is 14.5 Å². The van der Waals surface area contributed by atoms with Crippen LogP contribution in [0.15, 0.2) is 18.5 Å². The maximum absolute atomic E-state index is 12.6. The molecule has 1 aromatic heterocycles. The van der Waals surface area contributed by atoms with Crippen LogP contribution in [0.5, 0.6) is 0 Å². The number of nitrogens with zero attached hydrogens (tertiary/aromatic N) is 2. The van der Waals surface area contributed by atoms with Gasteiger partial charge in [-0.15, -0.1) is 11.3 Å². The number of thiophene rings is 1. The minimum absolute atomic E-state index is 0.369. The van der Waals surface area contributed by atoms with E-state index in [1.165, 1.54) is 11.3 Å². The number of rotatable bonds is 3. The lowest BCUT2D eigenvalue weighted by Gasteiger charge is -2.42. The zero-order valence-corrected chi connectivity index (χ0v) is 15.5. The molecule has 0 aliphatic carbocycles. The van der Waals surface area contributed by atoms with Crippen molar-refractivity contribution in [3.63, 3.8) is 0 Å². The molecule has 2 aliphatic rings. The standard InChI is InChI=1S/C11H15Br2N3O2S2/c12-10-5-9(11(13)19-10)20(17,18)16-3-1-15(2-4-16)8-6-14-7-8/h5,8,14H,1-4,6-7H2. The molecule has 3 heterocycles. The van der Waals surface area contributed by atoms with Crippen LogP contribution in [0.3, 0.4) is 0 Å². The first-order valence-electron chi connectivity index (χ1n) is 6.38. The molecule has 0 aromatic carbocycles. The van der Waals surface area contributed by atoms with Gasteiger partial charge in [-0.25, -0.2) is 8.42 Å². The highest BCUT2D eigenvalue weighted by Crippen LogP contribution is 2.36. The molecule has 9 heteroatoms. The van der Waals surface area contributed by atoms with Crippen molar-refractivity contribution in [3.05, 3.63) is 13.6 Å². The van der Waals surface area contributed by atoms with Crippen LogP contribution in [-0.4, -0.2) is 62.9 Å². The van der Waals surface area contributed by atoms with Crippen LogP contribution in [0.25, 0.3) is 0 Å². The van der Waals surface area contributed by atoms with E-state index in [-0.39, 0.29) is 0 Å². The molecule has 0 atom stereocenters. The molecular weight excluding hydrogens is 430 g/mol. The van der Waals surface area contributed by atoms with Gasteiger partial charge in [0.1, 0.15) is 4.90 Å². The van der Waals surface area contributed by atoms with Gasteiger partial charge in [0.2, 0.25) is 10.0 Å². The summed E-state index contributed by atoms with van der Waals surface area (Å²) in [6, 6.07) is 2.26. The first kappa shape index (κ1) is 15.4. The number of hydrogen-bond donors (Lipinski definition) is 1. The third kappa shape index (κ3) is 2.86. The summed E-state index contributed by atoms with van der Waals surface area (Å²) in [6.07, 6.45) is 0. The van der Waals surface area contributed by atoms with Crippen molar-refractivity contribution in [2.45, 2.75) is 10.9 Å². The van der Waals surface area contributed by atoms with Crippen LogP contribution in [0, 0.1) is 0 Å². The molecule has 1 aromatic rings. The normalized spacial score (nSPS) is 22.9. The van der Waals surface area contributed by atoms with Crippen LogP contribution in [-0.2, 0) is 10.0 Å². The van der Waals surface area contributed by atoms with Gasteiger partial charge in [-0.1, -0.05) is 0 Å². The zero-order chi connectivity index (χ0) is 14.3. The Morgan fingerprint density at radius 1 is 1.20 bits per heavy atom. The molecule has 0 spiro atoms. The third-order valence-electron chi connectivity index (χ3n) is 3.79. The number of sulfonamides is 1. The van der Waals surface area contributed by atoms with Gasteiger partial charge in [0.25, 0.3) is 0 Å². The summed E-state index contributed by atoms with van der Waals surface area (Å²) in [5.74, 6) is 0. The van der Waals surface area contributed by atoms with E-state index in [0.717, 1.165) is 30.0 Å². The Balaban J connectivity index is 1.71. The summed E-state index contributed by atoms with van der Waals surface area (Å²) in [6.45, 7) is 4.81. The van der Waals surface area contributed by atoms with Gasteiger partial charge in [0.15, 0.2) is 0 Å². The van der Waals surface area contributed by atoms with E-state index in [9.17, 15) is 8.42 Å². The summed E-state index contributed by atoms with van der Waals surface area (Å²) in [5, 5.41) is 3.25. The van der Waals surface area contributed by atoms with Crippen molar-refractivity contribution < 1.29 is 8.42 Å². The largest absolute Gasteiger partial charge is 0.314 e. The van der Waals surface area contributed by atoms with Gasteiger partial charge in [0.05, 0.1) is 7.57 Å². The topological polar surface area (TPSA) is 52.7 Å². The van der Waals surface area contributed by atoms with Gasteiger partial charge in [-0.05, 0) is 37.9 Å². The quantitative estimate of drug-likeness (QED) is 0.768. The molecule has 2 saturated heterocycles. The van der Waals surface area contributed by atoms with Crippen molar-refractivity contribution in [2.24, 2.45) is 0 Å². The van der Waals surface area contributed by atoms with E-state index in [1.54, 1.807) is 10.4 Å². The molecule has 2 aliphatic heterocycles. The lowest BCUT2D eigenvalue weighted by molar-refractivity contribution is 0.103. The van der Waals surface area contributed by atoms with Gasteiger partial charge in [0, 0.05) is 45.3 Å². The van der Waals surface area contributed by atoms with Crippen LogP contribution < -0.4 is 5.32 Å². The van der Waals surface area contributed by atoms with E-state index in [1.807, 2.05) is 0 Å². The summed E-state index contributed by atoms with van der Waals surface area (Å²) >= 11 is 8.06. The molecule has 112 valence electrons. The second kappa shape index (κ2) is 5.94. The summed E-state index contributed by atoms with van der Waals surface area (Å²) in [5.41, 5.74) is 0. The fourth-order valence-corrected chi connectivity index (χ4v) is 7.66. The monoisotopic (exact) mass is 443 g/mol. The molecule has 20 heavy (non-hydrogen) atoms. The number of hydrogen-bond acceptors (Lipinski definition) is 5. The lowest BCUT2D eigenvalue weighted by atomic mass is 10.1. The first-order chi connectivity index (χ1) is 9.48. The van der Waals surface area contributed by atoms with E-state index in [4.69, 9.17) is 0 Å². The van der Waals surface area contributed by atoms with Crippen LogP contribution in [0.1, 0.15) is 0 Å². The third-order valence-corrected chi connectivity index (χ3v) is 8.45. The average Bonchev–Trinajstić information content (AvgIpc) is 2.68. The molecule has 3 rings (SSSR count). The molecule has 0 bridgehead atoms. The Labute approximate surface area is 139 Å². The SMILES string of the molecule is O=S(=O)(c1cc(Br)sc1Br)N1CCN(C2CNC2)CC1. The highest BCUT2D eigenvalue weighted by atomic mass is 79.9. The predicted molar refractivity (Wildman–Crippen MR) is 86.7 cm³/mol. The van der Waals surface area contributed by atoms with E-state index in [0.29, 0.717) is 27.8 Å². The molecule has 0 unspecified atom stereocenters. The molecular formula is C11H15Br2N3O2S2. The Bertz CT molecular complexity index is 593. The minimum Gasteiger partial charge on any atom is -0.314 e. The number of piperazine rings is 1. The number of nitrogens with one attached hydrogen (secondary N) is 1. The Morgan fingerprint density at radius 3 is 2.30 bits per heavy atom. The van der Waals surface area contributed by atoms with Crippen molar-refractivity contribution in [2.75, 3.05) is 39.3 Å². The summed E-state index contributed by atoms with van der Waals surface area (Å²) in [7, 11) is -3.39. The molecule has 5 nitrogen and oxygen atoms in total.